The standard InChI is InChI=1S/C12H15ClFN/c1-8-2-3-10(13)12(14)11(8)9-4-6-15-7-5-9/h2-3,9,15H,4-7H2,1H3. The minimum atomic E-state index is -0.219. The molecule has 1 nitrogen and oxygen atoms in total. The molecule has 1 heterocycles. The molecule has 1 fully saturated rings. The Morgan fingerprint density at radius 3 is 2.67 bits per heavy atom. The van der Waals surface area contributed by atoms with Crippen molar-refractivity contribution in [1.29, 1.82) is 0 Å². The summed E-state index contributed by atoms with van der Waals surface area (Å²) in [6, 6.07) is 3.54. The summed E-state index contributed by atoms with van der Waals surface area (Å²) in [6.45, 7) is 3.89. The number of hydrogen-bond donors (Lipinski definition) is 1. The van der Waals surface area contributed by atoms with Gasteiger partial charge in [0.05, 0.1) is 5.02 Å². The van der Waals surface area contributed by atoms with E-state index < -0.39 is 0 Å². The molecule has 0 radical (unpaired) electrons. The monoisotopic (exact) mass is 227 g/mol. The predicted octanol–water partition coefficient (Wildman–Crippen LogP) is 3.25. The van der Waals surface area contributed by atoms with E-state index >= 15 is 0 Å². The molecule has 1 aliphatic rings. The molecule has 0 spiro atoms. The molecule has 82 valence electrons. The Hall–Kier alpha value is -0.600. The first-order chi connectivity index (χ1) is 7.20. The molecule has 3 heteroatoms. The summed E-state index contributed by atoms with van der Waals surface area (Å²) in [6.07, 6.45) is 2.00. The maximum atomic E-state index is 13.9. The highest BCUT2D eigenvalue weighted by molar-refractivity contribution is 6.30. The summed E-state index contributed by atoms with van der Waals surface area (Å²) in [5.74, 6) is 0.105. The molecule has 1 aromatic carbocycles. The Morgan fingerprint density at radius 1 is 1.33 bits per heavy atom. The van der Waals surface area contributed by atoms with Gasteiger partial charge in [0.15, 0.2) is 0 Å². The van der Waals surface area contributed by atoms with E-state index in [1.807, 2.05) is 13.0 Å². The fourth-order valence-electron chi connectivity index (χ4n) is 2.27. The maximum Gasteiger partial charge on any atom is 0.145 e. The van der Waals surface area contributed by atoms with E-state index in [0.29, 0.717) is 5.92 Å². The molecule has 1 aromatic rings. The van der Waals surface area contributed by atoms with Crippen molar-refractivity contribution in [3.05, 3.63) is 34.1 Å². The highest BCUT2D eigenvalue weighted by atomic mass is 35.5. The van der Waals surface area contributed by atoms with Crippen LogP contribution < -0.4 is 5.32 Å². The van der Waals surface area contributed by atoms with E-state index in [1.165, 1.54) is 0 Å². The summed E-state index contributed by atoms with van der Waals surface area (Å²) in [5, 5.41) is 3.53. The molecule has 0 unspecified atom stereocenters. The first kappa shape index (κ1) is 10.9. The lowest BCUT2D eigenvalue weighted by Gasteiger charge is -2.25. The smallest absolute Gasteiger partial charge is 0.145 e. The Balaban J connectivity index is 2.36. The third-order valence-corrected chi connectivity index (χ3v) is 3.39. The van der Waals surface area contributed by atoms with Crippen LogP contribution >= 0.6 is 11.6 Å². The van der Waals surface area contributed by atoms with Gasteiger partial charge in [0, 0.05) is 0 Å². The van der Waals surface area contributed by atoms with Gasteiger partial charge in [-0.15, -0.1) is 0 Å². The van der Waals surface area contributed by atoms with Crippen LogP contribution in [0.2, 0.25) is 5.02 Å². The molecule has 0 aromatic heterocycles. The highest BCUT2D eigenvalue weighted by Gasteiger charge is 2.21. The van der Waals surface area contributed by atoms with E-state index in [1.54, 1.807) is 6.07 Å². The predicted molar refractivity (Wildman–Crippen MR) is 61.0 cm³/mol. The second-order valence-corrected chi connectivity index (χ2v) is 4.52. The van der Waals surface area contributed by atoms with Gasteiger partial charge in [-0.3, -0.25) is 0 Å². The third-order valence-electron chi connectivity index (χ3n) is 3.10. The zero-order valence-electron chi connectivity index (χ0n) is 8.82. The normalized spacial score (nSPS) is 18.1. The first-order valence-electron chi connectivity index (χ1n) is 5.35. The van der Waals surface area contributed by atoms with Crippen LogP contribution in [0.15, 0.2) is 12.1 Å². The van der Waals surface area contributed by atoms with Crippen LogP contribution in [0, 0.1) is 12.7 Å². The van der Waals surface area contributed by atoms with Gasteiger partial charge >= 0.3 is 0 Å². The third kappa shape index (κ3) is 2.16. The Bertz CT molecular complexity index is 359. The van der Waals surface area contributed by atoms with Crippen molar-refractivity contribution >= 4 is 11.6 Å². The van der Waals surface area contributed by atoms with Gasteiger partial charge in [-0.1, -0.05) is 17.7 Å². The van der Waals surface area contributed by atoms with Crippen LogP contribution in [0.5, 0.6) is 0 Å². The van der Waals surface area contributed by atoms with Crippen LogP contribution in [0.3, 0.4) is 0 Å². The molecule has 0 atom stereocenters. The molecule has 0 bridgehead atoms. The Labute approximate surface area is 94.6 Å². The van der Waals surface area contributed by atoms with E-state index in [9.17, 15) is 4.39 Å². The van der Waals surface area contributed by atoms with Gasteiger partial charge in [0.2, 0.25) is 0 Å². The van der Waals surface area contributed by atoms with Crippen molar-refractivity contribution in [3.8, 4) is 0 Å². The number of aryl methyl sites for hydroxylation is 1. The highest BCUT2D eigenvalue weighted by Crippen LogP contribution is 2.32. The second-order valence-electron chi connectivity index (χ2n) is 4.12. The zero-order valence-corrected chi connectivity index (χ0v) is 9.57. The van der Waals surface area contributed by atoms with Gasteiger partial charge < -0.3 is 5.32 Å². The zero-order chi connectivity index (χ0) is 10.8. The van der Waals surface area contributed by atoms with Crippen LogP contribution in [0.1, 0.15) is 29.9 Å². The molecule has 1 aliphatic heterocycles. The second kappa shape index (κ2) is 4.50. The van der Waals surface area contributed by atoms with E-state index in [0.717, 1.165) is 37.1 Å². The topological polar surface area (TPSA) is 12.0 Å². The van der Waals surface area contributed by atoms with E-state index in [4.69, 9.17) is 11.6 Å². The van der Waals surface area contributed by atoms with Gasteiger partial charge in [0.25, 0.3) is 0 Å². The molecular weight excluding hydrogens is 213 g/mol. The summed E-state index contributed by atoms with van der Waals surface area (Å²) < 4.78 is 13.9. The van der Waals surface area contributed by atoms with Crippen molar-refractivity contribution < 1.29 is 4.39 Å². The first-order valence-corrected chi connectivity index (χ1v) is 5.73. The van der Waals surface area contributed by atoms with Crippen molar-refractivity contribution in [2.75, 3.05) is 13.1 Å². The van der Waals surface area contributed by atoms with Gasteiger partial charge in [-0.25, -0.2) is 4.39 Å². The van der Waals surface area contributed by atoms with Crippen molar-refractivity contribution in [2.24, 2.45) is 0 Å². The molecular formula is C12H15ClFN. The van der Waals surface area contributed by atoms with Crippen LogP contribution in [0.4, 0.5) is 4.39 Å². The van der Waals surface area contributed by atoms with Crippen LogP contribution in [-0.2, 0) is 0 Å². The van der Waals surface area contributed by atoms with Crippen molar-refractivity contribution in [1.82, 2.24) is 5.32 Å². The number of nitrogens with one attached hydrogen (secondary N) is 1. The van der Waals surface area contributed by atoms with Gasteiger partial charge in [-0.05, 0) is 56.0 Å². The molecule has 1 saturated heterocycles. The lowest BCUT2D eigenvalue weighted by Crippen LogP contribution is -2.27. The molecule has 2 rings (SSSR count). The quantitative estimate of drug-likeness (QED) is 0.777. The Morgan fingerprint density at radius 2 is 2.00 bits per heavy atom. The molecule has 15 heavy (non-hydrogen) atoms. The Kier molecular flexibility index (Phi) is 3.27. The number of halogens is 2. The summed E-state index contributed by atoms with van der Waals surface area (Å²) in [4.78, 5) is 0. The number of hydrogen-bond acceptors (Lipinski definition) is 1. The number of piperidine rings is 1. The summed E-state index contributed by atoms with van der Waals surface area (Å²) in [7, 11) is 0. The minimum absolute atomic E-state index is 0.219. The van der Waals surface area contributed by atoms with Crippen molar-refractivity contribution in [3.63, 3.8) is 0 Å². The van der Waals surface area contributed by atoms with Crippen LogP contribution in [0.25, 0.3) is 0 Å². The number of rotatable bonds is 1. The van der Waals surface area contributed by atoms with E-state index in [2.05, 4.69) is 5.32 Å². The SMILES string of the molecule is Cc1ccc(Cl)c(F)c1C1CCNCC1. The summed E-state index contributed by atoms with van der Waals surface area (Å²) in [5.41, 5.74) is 1.84. The van der Waals surface area contributed by atoms with Gasteiger partial charge in [0.1, 0.15) is 5.82 Å². The van der Waals surface area contributed by atoms with Crippen molar-refractivity contribution in [2.45, 2.75) is 25.7 Å². The lowest BCUT2D eigenvalue weighted by molar-refractivity contribution is 0.443. The fourth-order valence-corrected chi connectivity index (χ4v) is 2.44. The summed E-state index contributed by atoms with van der Waals surface area (Å²) >= 11 is 5.81. The molecule has 0 aliphatic carbocycles. The average Bonchev–Trinajstić information content (AvgIpc) is 2.26. The van der Waals surface area contributed by atoms with Gasteiger partial charge in [-0.2, -0.15) is 0 Å². The van der Waals surface area contributed by atoms with Crippen LogP contribution in [-0.4, -0.2) is 13.1 Å². The average molecular weight is 228 g/mol. The lowest BCUT2D eigenvalue weighted by atomic mass is 9.87. The fraction of sp³-hybridized carbons (Fsp3) is 0.500. The largest absolute Gasteiger partial charge is 0.317 e. The number of benzene rings is 1. The molecule has 1 N–H and O–H groups in total. The molecule has 0 saturated carbocycles. The minimum Gasteiger partial charge on any atom is -0.317 e. The van der Waals surface area contributed by atoms with E-state index in [-0.39, 0.29) is 10.8 Å². The molecule has 0 amide bonds. The maximum absolute atomic E-state index is 13.9.